The number of ether oxygens (including phenoxy) is 1. The number of amides is 2. The molecule has 0 saturated carbocycles. The highest BCUT2D eigenvalue weighted by atomic mass is 16.5. The zero-order chi connectivity index (χ0) is 21.3. The van der Waals surface area contributed by atoms with E-state index in [-0.39, 0.29) is 29.1 Å². The molecule has 2 aromatic rings. The van der Waals surface area contributed by atoms with E-state index in [9.17, 15) is 9.90 Å². The molecule has 0 radical (unpaired) electrons. The van der Waals surface area contributed by atoms with Gasteiger partial charge in [0.05, 0.1) is 23.3 Å². The van der Waals surface area contributed by atoms with Gasteiger partial charge in [-0.25, -0.2) is 4.79 Å². The molecule has 0 unspecified atom stereocenters. The van der Waals surface area contributed by atoms with Gasteiger partial charge >= 0.3 is 12.0 Å². The van der Waals surface area contributed by atoms with E-state index in [0.29, 0.717) is 28.3 Å². The molecule has 2 heterocycles. The summed E-state index contributed by atoms with van der Waals surface area (Å²) < 4.78 is 5.86. The lowest BCUT2D eigenvalue weighted by Gasteiger charge is -2.24. The van der Waals surface area contributed by atoms with Gasteiger partial charge in [-0.2, -0.15) is 25.3 Å². The molecular formula is C20H20N6O3. The Morgan fingerprint density at radius 3 is 2.55 bits per heavy atom. The monoisotopic (exact) mass is 392 g/mol. The van der Waals surface area contributed by atoms with Crippen LogP contribution in [-0.2, 0) is 0 Å². The van der Waals surface area contributed by atoms with Crippen LogP contribution in [0.25, 0.3) is 0 Å². The molecule has 0 bridgehead atoms. The van der Waals surface area contributed by atoms with E-state index in [1.807, 2.05) is 33.8 Å². The molecule has 2 amide bonds. The summed E-state index contributed by atoms with van der Waals surface area (Å²) >= 11 is 0. The van der Waals surface area contributed by atoms with E-state index >= 15 is 0 Å². The maximum Gasteiger partial charge on any atom is 0.347 e. The Balaban J connectivity index is 1.96. The molecule has 1 aromatic heterocycles. The average Bonchev–Trinajstić information content (AvgIpc) is 2.65. The van der Waals surface area contributed by atoms with Gasteiger partial charge in [-0.15, -0.1) is 0 Å². The predicted molar refractivity (Wildman–Crippen MR) is 107 cm³/mol. The summed E-state index contributed by atoms with van der Waals surface area (Å²) in [6.07, 6.45) is 1.31. The fourth-order valence-electron chi connectivity index (χ4n) is 2.86. The molecule has 0 fully saturated rings. The molecule has 0 aliphatic carbocycles. The highest BCUT2D eigenvalue weighted by Crippen LogP contribution is 2.33. The summed E-state index contributed by atoms with van der Waals surface area (Å²) in [4.78, 5) is 20.6. The number of urea groups is 1. The second-order valence-electron chi connectivity index (χ2n) is 6.87. The van der Waals surface area contributed by atoms with Crippen LogP contribution >= 0.6 is 0 Å². The number of aromatic nitrogens is 2. The van der Waals surface area contributed by atoms with E-state index in [4.69, 9.17) is 10.00 Å². The largest absolute Gasteiger partial charge is 0.504 e. The van der Waals surface area contributed by atoms with Gasteiger partial charge in [0.2, 0.25) is 0 Å². The Morgan fingerprint density at radius 1 is 1.31 bits per heavy atom. The summed E-state index contributed by atoms with van der Waals surface area (Å²) in [5.41, 5.74) is 2.58. The smallest absolute Gasteiger partial charge is 0.347 e. The second-order valence-corrected chi connectivity index (χ2v) is 6.87. The van der Waals surface area contributed by atoms with Gasteiger partial charge in [0, 0.05) is 0 Å². The third-order valence-corrected chi connectivity index (χ3v) is 4.25. The lowest BCUT2D eigenvalue weighted by atomic mass is 10.1. The molecule has 0 atom stereocenters. The fourth-order valence-corrected chi connectivity index (χ4v) is 2.86. The predicted octanol–water partition coefficient (Wildman–Crippen LogP) is 3.64. The fraction of sp³-hybridized carbons (Fsp3) is 0.250. The maximum absolute atomic E-state index is 12.3. The summed E-state index contributed by atoms with van der Waals surface area (Å²) in [7, 11) is 0. The molecule has 29 heavy (non-hydrogen) atoms. The van der Waals surface area contributed by atoms with Crippen LogP contribution < -0.4 is 15.1 Å². The van der Waals surface area contributed by atoms with Crippen molar-refractivity contribution in [1.82, 2.24) is 15.3 Å². The van der Waals surface area contributed by atoms with Crippen LogP contribution in [0.3, 0.4) is 0 Å². The number of aromatic hydroxyl groups is 1. The van der Waals surface area contributed by atoms with Gasteiger partial charge in [0.15, 0.2) is 11.5 Å². The quantitative estimate of drug-likeness (QED) is 0.819. The number of hydrazone groups is 1. The van der Waals surface area contributed by atoms with Crippen molar-refractivity contribution in [2.45, 2.75) is 33.6 Å². The van der Waals surface area contributed by atoms with Crippen molar-refractivity contribution in [2.24, 2.45) is 5.10 Å². The zero-order valence-corrected chi connectivity index (χ0v) is 16.5. The van der Waals surface area contributed by atoms with Crippen molar-refractivity contribution in [1.29, 1.82) is 5.26 Å². The third kappa shape index (κ3) is 3.87. The number of nitrogens with zero attached hydrogens (tertiary/aromatic N) is 5. The number of rotatable bonds is 4. The van der Waals surface area contributed by atoms with Gasteiger partial charge < -0.3 is 15.2 Å². The van der Waals surface area contributed by atoms with Crippen LogP contribution in [0.4, 0.5) is 10.5 Å². The van der Waals surface area contributed by atoms with Gasteiger partial charge in [-0.05, 0) is 43.0 Å². The zero-order valence-electron chi connectivity index (χ0n) is 16.5. The Hall–Kier alpha value is -3.93. The van der Waals surface area contributed by atoms with Crippen molar-refractivity contribution in [3.63, 3.8) is 0 Å². The molecule has 9 heteroatoms. The van der Waals surface area contributed by atoms with Crippen LogP contribution in [0.2, 0.25) is 0 Å². The van der Waals surface area contributed by atoms with Gasteiger partial charge in [0.25, 0.3) is 0 Å². The number of anilines is 1. The van der Waals surface area contributed by atoms with E-state index in [1.54, 1.807) is 12.1 Å². The first-order valence-electron chi connectivity index (χ1n) is 8.85. The minimum atomic E-state index is -0.509. The van der Waals surface area contributed by atoms with Crippen molar-refractivity contribution >= 4 is 17.4 Å². The molecule has 1 aliphatic rings. The minimum Gasteiger partial charge on any atom is -0.504 e. The van der Waals surface area contributed by atoms with E-state index in [2.05, 4.69) is 27.0 Å². The molecule has 3 rings (SSSR count). The van der Waals surface area contributed by atoms with Crippen LogP contribution in [0, 0.1) is 25.2 Å². The highest BCUT2D eigenvalue weighted by Gasteiger charge is 2.25. The number of carbonyl (C=O) groups excluding carboxylic acids is 1. The van der Waals surface area contributed by atoms with Gasteiger partial charge in [0.1, 0.15) is 11.8 Å². The van der Waals surface area contributed by atoms with Crippen molar-refractivity contribution in [3.8, 4) is 23.6 Å². The van der Waals surface area contributed by atoms with Crippen LogP contribution in [-0.4, -0.2) is 26.8 Å². The van der Waals surface area contributed by atoms with E-state index < -0.39 is 6.03 Å². The van der Waals surface area contributed by atoms with Crippen LogP contribution in [0.1, 0.15) is 36.6 Å². The Morgan fingerprint density at radius 2 is 1.97 bits per heavy atom. The molecule has 1 aromatic carbocycles. The maximum atomic E-state index is 12.3. The van der Waals surface area contributed by atoms with Crippen molar-refractivity contribution < 1.29 is 14.6 Å². The van der Waals surface area contributed by atoms with Gasteiger partial charge in [-0.1, -0.05) is 20.4 Å². The molecule has 0 spiro atoms. The number of hydrogen-bond donors (Lipinski definition) is 2. The number of nitrogens with one attached hydrogen (secondary N) is 1. The topological polar surface area (TPSA) is 124 Å². The first-order chi connectivity index (χ1) is 13.7. The summed E-state index contributed by atoms with van der Waals surface area (Å²) in [5.74, 6) is 0.546. The standard InChI is InChI=1S/C20H20N6O3/c1-10(2)17-16(27)9-22-19(24-17)29-18-11(3)6-14(7-12(18)4)26-20(28)23-13(5)15(8-21)25-26/h6-7,9-10,27H,5H2,1-4H3,(H,23,28). The SMILES string of the molecule is C=C1NC(=O)N(c2cc(C)c(Oc3ncc(O)c(C(C)C)n3)c(C)c2)N=C1C#N. The molecule has 0 saturated heterocycles. The van der Waals surface area contributed by atoms with Crippen molar-refractivity contribution in [3.05, 3.63) is 47.4 Å². The van der Waals surface area contributed by atoms with Crippen LogP contribution in [0.15, 0.2) is 35.7 Å². The number of carbonyl (C=O) groups is 1. The minimum absolute atomic E-state index is 0.00415. The molecule has 9 nitrogen and oxygen atoms in total. The number of nitriles is 1. The number of benzene rings is 1. The van der Waals surface area contributed by atoms with E-state index in [1.165, 1.54) is 6.20 Å². The molecular weight excluding hydrogens is 372 g/mol. The Kier molecular flexibility index (Phi) is 5.19. The summed E-state index contributed by atoms with van der Waals surface area (Å²) in [6.45, 7) is 11.0. The second kappa shape index (κ2) is 7.59. The number of aryl methyl sites for hydroxylation is 2. The number of allylic oxidation sites excluding steroid dienone is 1. The average molecular weight is 392 g/mol. The van der Waals surface area contributed by atoms with Crippen LogP contribution in [0.5, 0.6) is 17.5 Å². The highest BCUT2D eigenvalue weighted by molar-refractivity contribution is 6.17. The lowest BCUT2D eigenvalue weighted by Crippen LogP contribution is -2.43. The first-order valence-corrected chi connectivity index (χ1v) is 8.85. The van der Waals surface area contributed by atoms with Gasteiger partial charge in [-0.3, -0.25) is 0 Å². The summed E-state index contributed by atoms with van der Waals surface area (Å²) in [5, 5.41) is 26.7. The number of hydrogen-bond acceptors (Lipinski definition) is 7. The third-order valence-electron chi connectivity index (χ3n) is 4.25. The molecule has 2 N–H and O–H groups in total. The molecule has 1 aliphatic heterocycles. The Bertz CT molecular complexity index is 1060. The van der Waals surface area contributed by atoms with E-state index in [0.717, 1.165) is 5.01 Å². The lowest BCUT2D eigenvalue weighted by molar-refractivity contribution is 0.248. The normalized spacial score (nSPS) is 13.8. The Labute approximate surface area is 168 Å². The van der Waals surface area contributed by atoms with Crippen molar-refractivity contribution in [2.75, 3.05) is 5.01 Å². The first kappa shape index (κ1) is 19.8. The summed E-state index contributed by atoms with van der Waals surface area (Å²) in [6, 6.07) is 4.92. The molecule has 148 valence electrons.